The van der Waals surface area contributed by atoms with Crippen LogP contribution < -0.4 is 0 Å². The lowest BCUT2D eigenvalue weighted by molar-refractivity contribution is -0.109. The van der Waals surface area contributed by atoms with Crippen LogP contribution in [0.3, 0.4) is 0 Å². The number of thiophene rings is 1. The molecule has 0 saturated heterocycles. The first-order valence-corrected chi connectivity index (χ1v) is 4.81. The highest BCUT2D eigenvalue weighted by Crippen LogP contribution is 2.16. The molecule has 0 aromatic carbocycles. The number of carbonyl (C=O) groups excluding carboxylic acids is 1. The van der Waals surface area contributed by atoms with Gasteiger partial charge >= 0.3 is 0 Å². The normalized spacial score (nSPS) is 9.70. The van der Waals surface area contributed by atoms with E-state index in [0.717, 1.165) is 5.75 Å². The van der Waals surface area contributed by atoms with Gasteiger partial charge in [-0.25, -0.2) is 0 Å². The SMILES string of the molecule is CC(=O)SCc1cccs1. The van der Waals surface area contributed by atoms with E-state index in [1.54, 1.807) is 18.3 Å². The predicted octanol–water partition coefficient (Wildman–Crippen LogP) is 2.53. The standard InChI is InChI=1S/C7H8OS2/c1-6(8)10-5-7-3-2-4-9-7/h2-4H,5H2,1H3. The van der Waals surface area contributed by atoms with Crippen LogP contribution in [0.2, 0.25) is 0 Å². The van der Waals surface area contributed by atoms with Gasteiger partial charge in [-0.1, -0.05) is 17.8 Å². The maximum Gasteiger partial charge on any atom is 0.186 e. The van der Waals surface area contributed by atoms with Crippen LogP contribution in [0.5, 0.6) is 0 Å². The Balaban J connectivity index is 2.35. The molecule has 54 valence electrons. The van der Waals surface area contributed by atoms with Gasteiger partial charge in [-0.15, -0.1) is 11.3 Å². The van der Waals surface area contributed by atoms with Crippen molar-refractivity contribution in [2.75, 3.05) is 0 Å². The maximum atomic E-state index is 10.5. The Labute approximate surface area is 68.5 Å². The summed E-state index contributed by atoms with van der Waals surface area (Å²) in [7, 11) is 0. The Morgan fingerprint density at radius 3 is 3.10 bits per heavy atom. The van der Waals surface area contributed by atoms with Crippen molar-refractivity contribution in [1.82, 2.24) is 0 Å². The second kappa shape index (κ2) is 3.78. The van der Waals surface area contributed by atoms with Gasteiger partial charge in [-0.3, -0.25) is 4.79 Å². The monoisotopic (exact) mass is 172 g/mol. The highest BCUT2D eigenvalue weighted by molar-refractivity contribution is 8.12. The molecule has 1 heterocycles. The first-order valence-electron chi connectivity index (χ1n) is 2.95. The number of hydrogen-bond donors (Lipinski definition) is 0. The average Bonchev–Trinajstić information content (AvgIpc) is 2.34. The van der Waals surface area contributed by atoms with Crippen molar-refractivity contribution in [2.45, 2.75) is 12.7 Å². The molecule has 3 heteroatoms. The quantitative estimate of drug-likeness (QED) is 0.682. The Hall–Kier alpha value is -0.280. The lowest BCUT2D eigenvalue weighted by Crippen LogP contribution is -1.80. The van der Waals surface area contributed by atoms with Gasteiger partial charge in [0.25, 0.3) is 0 Å². The van der Waals surface area contributed by atoms with E-state index in [1.165, 1.54) is 16.6 Å². The van der Waals surface area contributed by atoms with Crippen molar-refractivity contribution in [3.05, 3.63) is 22.4 Å². The van der Waals surface area contributed by atoms with Crippen LogP contribution in [-0.4, -0.2) is 5.12 Å². The Kier molecular flexibility index (Phi) is 2.96. The largest absolute Gasteiger partial charge is 0.288 e. The van der Waals surface area contributed by atoms with Gasteiger partial charge in [0.2, 0.25) is 0 Å². The van der Waals surface area contributed by atoms with Crippen molar-refractivity contribution >= 4 is 28.2 Å². The smallest absolute Gasteiger partial charge is 0.186 e. The molecular formula is C7H8OS2. The summed E-state index contributed by atoms with van der Waals surface area (Å²) in [6.45, 7) is 1.60. The van der Waals surface area contributed by atoms with Gasteiger partial charge in [0.15, 0.2) is 5.12 Å². The van der Waals surface area contributed by atoms with Gasteiger partial charge in [0.1, 0.15) is 0 Å². The van der Waals surface area contributed by atoms with E-state index in [2.05, 4.69) is 0 Å². The molecule has 0 amide bonds. The molecule has 1 rings (SSSR count). The fourth-order valence-electron chi connectivity index (χ4n) is 0.567. The average molecular weight is 172 g/mol. The Morgan fingerprint density at radius 2 is 2.60 bits per heavy atom. The number of carbonyl (C=O) groups is 1. The second-order valence-electron chi connectivity index (χ2n) is 1.86. The van der Waals surface area contributed by atoms with Crippen LogP contribution in [0.15, 0.2) is 17.5 Å². The molecule has 0 aliphatic heterocycles. The first kappa shape index (κ1) is 7.82. The third kappa shape index (κ3) is 2.54. The van der Waals surface area contributed by atoms with Gasteiger partial charge in [0.05, 0.1) is 0 Å². The molecule has 10 heavy (non-hydrogen) atoms. The molecule has 0 atom stereocenters. The van der Waals surface area contributed by atoms with Crippen LogP contribution in [0.1, 0.15) is 11.8 Å². The fraction of sp³-hybridized carbons (Fsp3) is 0.286. The summed E-state index contributed by atoms with van der Waals surface area (Å²) in [6, 6.07) is 4.04. The van der Waals surface area contributed by atoms with Crippen LogP contribution in [-0.2, 0) is 10.5 Å². The minimum Gasteiger partial charge on any atom is -0.288 e. The summed E-state index contributed by atoms with van der Waals surface area (Å²) in [5.74, 6) is 0.826. The van der Waals surface area contributed by atoms with Crippen LogP contribution in [0.25, 0.3) is 0 Å². The first-order chi connectivity index (χ1) is 4.79. The lowest BCUT2D eigenvalue weighted by Gasteiger charge is -1.90. The van der Waals surface area contributed by atoms with E-state index in [4.69, 9.17) is 0 Å². The number of hydrogen-bond acceptors (Lipinski definition) is 3. The highest BCUT2D eigenvalue weighted by Gasteiger charge is 1.96. The van der Waals surface area contributed by atoms with Gasteiger partial charge in [-0.2, -0.15) is 0 Å². The van der Waals surface area contributed by atoms with E-state index >= 15 is 0 Å². The molecule has 0 saturated carbocycles. The molecular weight excluding hydrogens is 164 g/mol. The molecule has 0 unspecified atom stereocenters. The van der Waals surface area contributed by atoms with E-state index in [9.17, 15) is 4.79 Å². The molecule has 0 spiro atoms. The molecule has 0 bridgehead atoms. The van der Waals surface area contributed by atoms with Crippen LogP contribution in [0.4, 0.5) is 0 Å². The van der Waals surface area contributed by atoms with Crippen molar-refractivity contribution in [2.24, 2.45) is 0 Å². The number of thioether (sulfide) groups is 1. The van der Waals surface area contributed by atoms with Crippen molar-refractivity contribution in [3.63, 3.8) is 0 Å². The van der Waals surface area contributed by atoms with Crippen molar-refractivity contribution in [1.29, 1.82) is 0 Å². The summed E-state index contributed by atoms with van der Waals surface area (Å²) in [4.78, 5) is 11.8. The Bertz CT molecular complexity index is 203. The third-order valence-corrected chi connectivity index (χ3v) is 2.92. The fourth-order valence-corrected chi connectivity index (χ4v) is 1.95. The molecule has 1 nitrogen and oxygen atoms in total. The molecule has 1 aromatic heterocycles. The van der Waals surface area contributed by atoms with Gasteiger partial charge in [0, 0.05) is 17.6 Å². The zero-order valence-electron chi connectivity index (χ0n) is 5.66. The lowest BCUT2D eigenvalue weighted by atomic mass is 10.5. The van der Waals surface area contributed by atoms with E-state index < -0.39 is 0 Å². The highest BCUT2D eigenvalue weighted by atomic mass is 32.2. The summed E-state index contributed by atoms with van der Waals surface area (Å²) in [5.41, 5.74) is 0. The maximum absolute atomic E-state index is 10.5. The van der Waals surface area contributed by atoms with E-state index in [-0.39, 0.29) is 5.12 Å². The summed E-state index contributed by atoms with van der Waals surface area (Å²) in [5, 5.41) is 2.21. The second-order valence-corrected chi connectivity index (χ2v) is 4.04. The summed E-state index contributed by atoms with van der Waals surface area (Å²) in [6.07, 6.45) is 0. The van der Waals surface area contributed by atoms with Crippen LogP contribution >= 0.6 is 23.1 Å². The Morgan fingerprint density at radius 1 is 1.80 bits per heavy atom. The topological polar surface area (TPSA) is 17.1 Å². The van der Waals surface area contributed by atoms with E-state index in [1.807, 2.05) is 17.5 Å². The molecule has 0 radical (unpaired) electrons. The van der Waals surface area contributed by atoms with Gasteiger partial charge < -0.3 is 0 Å². The zero-order chi connectivity index (χ0) is 7.40. The minimum absolute atomic E-state index is 0.188. The molecule has 0 aliphatic rings. The van der Waals surface area contributed by atoms with Gasteiger partial charge in [-0.05, 0) is 11.4 Å². The molecule has 0 aliphatic carbocycles. The third-order valence-electron chi connectivity index (χ3n) is 0.998. The minimum atomic E-state index is 0.188. The number of rotatable bonds is 2. The summed E-state index contributed by atoms with van der Waals surface area (Å²) < 4.78 is 0. The van der Waals surface area contributed by atoms with Crippen LogP contribution in [0, 0.1) is 0 Å². The zero-order valence-corrected chi connectivity index (χ0v) is 7.30. The van der Waals surface area contributed by atoms with Crippen molar-refractivity contribution in [3.8, 4) is 0 Å². The molecule has 0 N–H and O–H groups in total. The molecule has 0 fully saturated rings. The van der Waals surface area contributed by atoms with Crippen molar-refractivity contribution < 1.29 is 4.79 Å². The molecule has 1 aromatic rings. The summed E-state index contributed by atoms with van der Waals surface area (Å²) >= 11 is 3.05. The van der Waals surface area contributed by atoms with E-state index in [0.29, 0.717) is 0 Å². The predicted molar refractivity (Wildman–Crippen MR) is 46.3 cm³/mol.